The first-order valence-corrected chi connectivity index (χ1v) is 9.47. The van der Waals surface area contributed by atoms with Gasteiger partial charge in [-0.15, -0.1) is 0 Å². The zero-order chi connectivity index (χ0) is 18.5. The molecule has 1 heterocycles. The van der Waals surface area contributed by atoms with Crippen molar-refractivity contribution in [2.45, 2.75) is 12.8 Å². The van der Waals surface area contributed by atoms with Crippen molar-refractivity contribution in [3.63, 3.8) is 0 Å². The van der Waals surface area contributed by atoms with Gasteiger partial charge in [0.15, 0.2) is 6.61 Å². The number of ether oxygens (including phenoxy) is 1. The number of para-hydroxylation sites is 1. The number of nitrogens with zero attached hydrogens (tertiary/aromatic N) is 1. The molecule has 136 valence electrons. The van der Waals surface area contributed by atoms with Crippen molar-refractivity contribution in [2.75, 3.05) is 25.0 Å². The molecule has 1 fully saturated rings. The van der Waals surface area contributed by atoms with Crippen LogP contribution in [-0.2, 0) is 4.79 Å². The van der Waals surface area contributed by atoms with Crippen molar-refractivity contribution in [1.29, 1.82) is 0 Å². The molecule has 0 aliphatic carbocycles. The lowest BCUT2D eigenvalue weighted by molar-refractivity contribution is -0.118. The smallest absolute Gasteiger partial charge is 0.262 e. The van der Waals surface area contributed by atoms with Gasteiger partial charge in [0.1, 0.15) is 5.75 Å². The first kappa shape index (κ1) is 18.7. The van der Waals surface area contributed by atoms with E-state index < -0.39 is 0 Å². The van der Waals surface area contributed by atoms with Crippen LogP contribution in [0.3, 0.4) is 0 Å². The zero-order valence-corrected chi connectivity index (χ0v) is 16.3. The van der Waals surface area contributed by atoms with Gasteiger partial charge >= 0.3 is 0 Å². The number of carbonyl (C=O) groups is 2. The van der Waals surface area contributed by atoms with Crippen molar-refractivity contribution >= 4 is 45.0 Å². The Kier molecular flexibility index (Phi) is 6.16. The Morgan fingerprint density at radius 2 is 1.88 bits per heavy atom. The maximum Gasteiger partial charge on any atom is 0.262 e. The lowest BCUT2D eigenvalue weighted by atomic mass is 10.1. The minimum atomic E-state index is -0.339. The van der Waals surface area contributed by atoms with Gasteiger partial charge in [0.25, 0.3) is 11.8 Å². The van der Waals surface area contributed by atoms with Gasteiger partial charge in [-0.3, -0.25) is 9.59 Å². The van der Waals surface area contributed by atoms with Crippen LogP contribution in [0.25, 0.3) is 0 Å². The lowest BCUT2D eigenvalue weighted by Gasteiger charge is -2.18. The topological polar surface area (TPSA) is 58.6 Å². The van der Waals surface area contributed by atoms with Gasteiger partial charge in [-0.1, -0.05) is 23.7 Å². The molecule has 0 atom stereocenters. The second kappa shape index (κ2) is 8.56. The van der Waals surface area contributed by atoms with Crippen LogP contribution in [0.15, 0.2) is 46.9 Å². The average Bonchev–Trinajstić information content (AvgIpc) is 3.15. The molecular weight excluding hydrogens is 420 g/mol. The van der Waals surface area contributed by atoms with Crippen molar-refractivity contribution in [2.24, 2.45) is 0 Å². The summed E-state index contributed by atoms with van der Waals surface area (Å²) in [7, 11) is 0. The van der Waals surface area contributed by atoms with E-state index in [1.54, 1.807) is 42.5 Å². The number of hydrogen-bond donors (Lipinski definition) is 1. The highest BCUT2D eigenvalue weighted by molar-refractivity contribution is 9.10. The molecule has 2 amide bonds. The fourth-order valence-corrected chi connectivity index (χ4v) is 3.59. The number of carbonyl (C=O) groups excluding carboxylic acids is 2. The summed E-state index contributed by atoms with van der Waals surface area (Å²) < 4.78 is 6.18. The summed E-state index contributed by atoms with van der Waals surface area (Å²) in [6.07, 6.45) is 2.04. The summed E-state index contributed by atoms with van der Waals surface area (Å²) in [6.45, 7) is 1.34. The van der Waals surface area contributed by atoms with Crippen LogP contribution in [0.2, 0.25) is 5.02 Å². The molecule has 7 heteroatoms. The van der Waals surface area contributed by atoms with Crippen LogP contribution in [0.1, 0.15) is 23.2 Å². The largest absolute Gasteiger partial charge is 0.483 e. The summed E-state index contributed by atoms with van der Waals surface area (Å²) in [5, 5.41) is 3.34. The molecule has 1 N–H and O–H groups in total. The molecule has 5 nitrogen and oxygen atoms in total. The van der Waals surface area contributed by atoms with E-state index >= 15 is 0 Å². The minimum absolute atomic E-state index is 0.0558. The van der Waals surface area contributed by atoms with E-state index in [9.17, 15) is 9.59 Å². The summed E-state index contributed by atoms with van der Waals surface area (Å²) in [4.78, 5) is 26.7. The predicted molar refractivity (Wildman–Crippen MR) is 105 cm³/mol. The molecular formula is C19H18BrClN2O3. The van der Waals surface area contributed by atoms with E-state index in [4.69, 9.17) is 16.3 Å². The first-order chi connectivity index (χ1) is 12.5. The Labute approximate surface area is 165 Å². The van der Waals surface area contributed by atoms with Gasteiger partial charge in [-0.25, -0.2) is 0 Å². The minimum Gasteiger partial charge on any atom is -0.483 e. The van der Waals surface area contributed by atoms with Gasteiger partial charge in [-0.05, 0) is 59.1 Å². The number of amides is 2. The number of likely N-dealkylation sites (tertiary alicyclic amines) is 1. The van der Waals surface area contributed by atoms with Crippen LogP contribution < -0.4 is 10.1 Å². The summed E-state index contributed by atoms with van der Waals surface area (Å²) >= 11 is 9.23. The van der Waals surface area contributed by atoms with Crippen molar-refractivity contribution in [3.05, 3.63) is 57.5 Å². The Morgan fingerprint density at radius 1 is 1.15 bits per heavy atom. The highest BCUT2D eigenvalue weighted by Crippen LogP contribution is 2.28. The monoisotopic (exact) mass is 436 g/mol. The second-order valence-corrected chi connectivity index (χ2v) is 7.25. The molecule has 2 aromatic carbocycles. The third-order valence-corrected chi connectivity index (χ3v) is 4.93. The predicted octanol–water partition coefficient (Wildman–Crippen LogP) is 4.36. The molecule has 0 bridgehead atoms. The Balaban J connectivity index is 1.65. The number of hydrogen-bond acceptors (Lipinski definition) is 3. The molecule has 1 aliphatic rings. The maximum atomic E-state index is 12.6. The van der Waals surface area contributed by atoms with E-state index in [0.29, 0.717) is 26.5 Å². The van der Waals surface area contributed by atoms with E-state index in [-0.39, 0.29) is 18.4 Å². The molecule has 0 saturated carbocycles. The third-order valence-electron chi connectivity index (χ3n) is 4.08. The van der Waals surface area contributed by atoms with Gasteiger partial charge in [0.05, 0.1) is 15.7 Å². The van der Waals surface area contributed by atoms with Crippen molar-refractivity contribution < 1.29 is 14.3 Å². The van der Waals surface area contributed by atoms with Gasteiger partial charge < -0.3 is 15.0 Å². The van der Waals surface area contributed by atoms with Crippen LogP contribution in [0.4, 0.5) is 5.69 Å². The molecule has 3 rings (SSSR count). The summed E-state index contributed by atoms with van der Waals surface area (Å²) in [6, 6.07) is 12.1. The maximum absolute atomic E-state index is 12.6. The summed E-state index contributed by atoms with van der Waals surface area (Å²) in [5.41, 5.74) is 0.989. The van der Waals surface area contributed by atoms with Crippen molar-refractivity contribution in [3.8, 4) is 5.75 Å². The average molecular weight is 438 g/mol. The second-order valence-electron chi connectivity index (χ2n) is 5.96. The Morgan fingerprint density at radius 3 is 2.62 bits per heavy atom. The van der Waals surface area contributed by atoms with Gasteiger partial charge in [-0.2, -0.15) is 0 Å². The van der Waals surface area contributed by atoms with Gasteiger partial charge in [0.2, 0.25) is 0 Å². The van der Waals surface area contributed by atoms with Crippen LogP contribution >= 0.6 is 27.5 Å². The Hall–Kier alpha value is -2.05. The van der Waals surface area contributed by atoms with E-state index in [2.05, 4.69) is 21.2 Å². The third kappa shape index (κ3) is 4.56. The quantitative estimate of drug-likeness (QED) is 0.756. The number of halogens is 2. The van der Waals surface area contributed by atoms with E-state index in [1.807, 2.05) is 4.90 Å². The zero-order valence-electron chi connectivity index (χ0n) is 14.0. The highest BCUT2D eigenvalue weighted by Gasteiger charge is 2.22. The molecule has 0 spiro atoms. The van der Waals surface area contributed by atoms with E-state index in [1.165, 1.54) is 0 Å². The van der Waals surface area contributed by atoms with E-state index in [0.717, 1.165) is 25.9 Å². The molecule has 2 aromatic rings. The fourth-order valence-electron chi connectivity index (χ4n) is 2.79. The molecule has 1 saturated heterocycles. The number of anilines is 1. The number of rotatable bonds is 5. The molecule has 1 aliphatic heterocycles. The van der Waals surface area contributed by atoms with Crippen LogP contribution in [-0.4, -0.2) is 36.4 Å². The number of nitrogens with one attached hydrogen (secondary N) is 1. The van der Waals surface area contributed by atoms with Crippen molar-refractivity contribution in [1.82, 2.24) is 4.90 Å². The number of benzene rings is 2. The first-order valence-electron chi connectivity index (χ1n) is 8.30. The van der Waals surface area contributed by atoms with Gasteiger partial charge in [0, 0.05) is 18.1 Å². The SMILES string of the molecule is O=C(COc1ccc(Cl)cc1Br)Nc1ccccc1C(=O)N1CCCC1. The fraction of sp³-hybridized carbons (Fsp3) is 0.263. The Bertz CT molecular complexity index is 822. The molecule has 26 heavy (non-hydrogen) atoms. The standard InChI is InChI=1S/C19H18BrClN2O3/c20-15-11-13(21)7-8-17(15)26-12-18(24)22-16-6-2-1-5-14(16)19(25)23-9-3-4-10-23/h1-2,5-8,11H,3-4,9-10,12H2,(H,22,24). The highest BCUT2D eigenvalue weighted by atomic mass is 79.9. The summed E-state index contributed by atoms with van der Waals surface area (Å²) in [5.74, 6) is 0.124. The van der Waals surface area contributed by atoms with Crippen LogP contribution in [0.5, 0.6) is 5.75 Å². The molecule has 0 unspecified atom stereocenters. The lowest BCUT2D eigenvalue weighted by Crippen LogP contribution is -2.29. The molecule has 0 radical (unpaired) electrons. The van der Waals surface area contributed by atoms with Crippen LogP contribution in [0, 0.1) is 0 Å². The normalized spacial score (nSPS) is 13.5. The molecule has 0 aromatic heterocycles.